The largest absolute Gasteiger partial charge is 0.493 e. The molecule has 0 atom stereocenters. The molecule has 2 heterocycles. The van der Waals surface area contributed by atoms with Gasteiger partial charge in [0.05, 0.1) is 18.7 Å². The van der Waals surface area contributed by atoms with Crippen LogP contribution in [0.5, 0.6) is 5.75 Å². The van der Waals surface area contributed by atoms with E-state index in [0.717, 1.165) is 59.0 Å². The molecular formula is C26H28N2O4. The van der Waals surface area contributed by atoms with Crippen molar-refractivity contribution in [1.29, 1.82) is 0 Å². The van der Waals surface area contributed by atoms with E-state index in [2.05, 4.69) is 22.5 Å². The lowest BCUT2D eigenvalue weighted by Gasteiger charge is -2.32. The minimum absolute atomic E-state index is 0.134. The summed E-state index contributed by atoms with van der Waals surface area (Å²) >= 11 is 0. The van der Waals surface area contributed by atoms with Crippen LogP contribution in [-0.4, -0.2) is 35.8 Å². The van der Waals surface area contributed by atoms with E-state index in [1.807, 2.05) is 43.3 Å². The second-order valence-corrected chi connectivity index (χ2v) is 7.93. The Balaban J connectivity index is 1.42. The zero-order chi connectivity index (χ0) is 22.5. The number of carboxylic acid groups (broad SMARTS) is 1. The molecule has 0 aliphatic carbocycles. The van der Waals surface area contributed by atoms with E-state index in [9.17, 15) is 4.79 Å². The van der Waals surface area contributed by atoms with Crippen LogP contribution < -0.4 is 9.64 Å². The average Bonchev–Trinajstić information content (AvgIpc) is 3.18. The molecule has 1 aliphatic heterocycles. The fraction of sp³-hybridized carbons (Fsp3) is 0.308. The Kier molecular flexibility index (Phi) is 6.59. The number of benzene rings is 2. The molecule has 0 amide bonds. The minimum atomic E-state index is -0.775. The number of hydrogen-bond donors (Lipinski definition) is 1. The number of rotatable bonds is 9. The number of oxazole rings is 1. The normalized spacial score (nSPS) is 13.0. The highest BCUT2D eigenvalue weighted by Crippen LogP contribution is 2.34. The first kappa shape index (κ1) is 21.7. The first-order valence-corrected chi connectivity index (χ1v) is 11.0. The Labute approximate surface area is 188 Å². The van der Waals surface area contributed by atoms with Gasteiger partial charge in [-0.25, -0.2) is 4.98 Å². The van der Waals surface area contributed by atoms with Gasteiger partial charge in [-0.1, -0.05) is 30.9 Å². The maximum absolute atomic E-state index is 11.0. The average molecular weight is 433 g/mol. The van der Waals surface area contributed by atoms with E-state index in [0.29, 0.717) is 25.5 Å². The minimum Gasteiger partial charge on any atom is -0.493 e. The molecule has 1 aliphatic rings. The van der Waals surface area contributed by atoms with E-state index in [1.54, 1.807) is 6.08 Å². The van der Waals surface area contributed by atoms with Crippen molar-refractivity contribution in [3.8, 4) is 17.2 Å². The molecule has 6 heteroatoms. The summed E-state index contributed by atoms with van der Waals surface area (Å²) in [7, 11) is 0. The zero-order valence-corrected chi connectivity index (χ0v) is 18.3. The molecular weight excluding hydrogens is 404 g/mol. The van der Waals surface area contributed by atoms with Crippen LogP contribution in [0.2, 0.25) is 0 Å². The van der Waals surface area contributed by atoms with Crippen LogP contribution in [0.25, 0.3) is 17.5 Å². The summed E-state index contributed by atoms with van der Waals surface area (Å²) in [6.07, 6.45) is 4.51. The summed E-state index contributed by atoms with van der Waals surface area (Å²) < 4.78 is 12.0. The van der Waals surface area contributed by atoms with Crippen molar-refractivity contribution in [3.63, 3.8) is 0 Å². The molecule has 32 heavy (non-hydrogen) atoms. The van der Waals surface area contributed by atoms with Crippen LogP contribution in [0.15, 0.2) is 53.5 Å². The smallest absolute Gasteiger partial charge is 0.305 e. The van der Waals surface area contributed by atoms with Gasteiger partial charge in [0.15, 0.2) is 0 Å². The number of nitrogens with zero attached hydrogens (tertiary/aromatic N) is 2. The van der Waals surface area contributed by atoms with E-state index >= 15 is 0 Å². The Morgan fingerprint density at radius 1 is 1.28 bits per heavy atom. The second kappa shape index (κ2) is 9.73. The van der Waals surface area contributed by atoms with Gasteiger partial charge in [0.2, 0.25) is 5.89 Å². The number of anilines is 1. The van der Waals surface area contributed by atoms with E-state index in [-0.39, 0.29) is 6.42 Å². The summed E-state index contributed by atoms with van der Waals surface area (Å²) in [6.45, 7) is 7.59. The van der Waals surface area contributed by atoms with Crippen LogP contribution in [0.3, 0.4) is 0 Å². The lowest BCUT2D eigenvalue weighted by atomic mass is 10.0. The number of aryl methyl sites for hydroxylation is 1. The molecule has 166 valence electrons. The topological polar surface area (TPSA) is 75.8 Å². The molecule has 6 nitrogen and oxygen atoms in total. The highest BCUT2D eigenvalue weighted by Gasteiger charge is 2.21. The van der Waals surface area contributed by atoms with Crippen molar-refractivity contribution in [2.24, 2.45) is 0 Å². The predicted octanol–water partition coefficient (Wildman–Crippen LogP) is 5.14. The molecule has 0 saturated carbocycles. The van der Waals surface area contributed by atoms with Gasteiger partial charge < -0.3 is 19.2 Å². The maximum atomic E-state index is 11.0. The Bertz CT molecular complexity index is 1100. The summed E-state index contributed by atoms with van der Waals surface area (Å²) in [6, 6.07) is 14.0. The Hall–Kier alpha value is -3.54. The molecule has 1 aromatic heterocycles. The molecule has 0 spiro atoms. The van der Waals surface area contributed by atoms with Crippen LogP contribution in [0, 0.1) is 6.92 Å². The number of carbonyl (C=O) groups is 1. The van der Waals surface area contributed by atoms with Crippen molar-refractivity contribution < 1.29 is 19.1 Å². The van der Waals surface area contributed by atoms with Gasteiger partial charge in [-0.05, 0) is 49.6 Å². The SMILES string of the molecule is C=Cc1ccc(-c2nc(CCOc3cccc4c3CCCN4CCC(=O)O)c(C)o2)cc1. The van der Waals surface area contributed by atoms with Crippen molar-refractivity contribution in [1.82, 2.24) is 4.98 Å². The lowest BCUT2D eigenvalue weighted by Crippen LogP contribution is -2.31. The van der Waals surface area contributed by atoms with Crippen molar-refractivity contribution >= 4 is 17.7 Å². The molecule has 2 aromatic carbocycles. The van der Waals surface area contributed by atoms with Gasteiger partial charge in [-0.3, -0.25) is 4.79 Å². The van der Waals surface area contributed by atoms with Crippen molar-refractivity contribution in [3.05, 3.63) is 71.6 Å². The van der Waals surface area contributed by atoms with E-state index < -0.39 is 5.97 Å². The van der Waals surface area contributed by atoms with Gasteiger partial charge in [0.1, 0.15) is 11.5 Å². The van der Waals surface area contributed by atoms with Gasteiger partial charge in [-0.15, -0.1) is 0 Å². The summed E-state index contributed by atoms with van der Waals surface area (Å²) in [5, 5.41) is 9.02. The number of hydrogen-bond acceptors (Lipinski definition) is 5. The van der Waals surface area contributed by atoms with Crippen LogP contribution in [-0.2, 0) is 17.6 Å². The molecule has 0 unspecified atom stereocenters. The molecule has 4 rings (SSSR count). The first-order chi connectivity index (χ1) is 15.5. The fourth-order valence-electron chi connectivity index (χ4n) is 4.07. The van der Waals surface area contributed by atoms with Gasteiger partial charge in [0.25, 0.3) is 0 Å². The highest BCUT2D eigenvalue weighted by atomic mass is 16.5. The Morgan fingerprint density at radius 3 is 2.84 bits per heavy atom. The third kappa shape index (κ3) is 4.85. The van der Waals surface area contributed by atoms with Crippen LogP contribution >= 0.6 is 0 Å². The Morgan fingerprint density at radius 2 is 2.09 bits per heavy atom. The van der Waals surface area contributed by atoms with Gasteiger partial charge in [0, 0.05) is 36.3 Å². The standard InChI is InChI=1S/C26H28N2O4/c1-3-19-9-11-20(12-10-19)26-27-22(18(2)32-26)14-17-31-24-8-4-7-23-21(24)6-5-15-28(23)16-13-25(29)30/h3-4,7-12H,1,5-6,13-17H2,2H3,(H,29,30). The van der Waals surface area contributed by atoms with E-state index in [4.69, 9.17) is 14.3 Å². The lowest BCUT2D eigenvalue weighted by molar-refractivity contribution is -0.136. The number of aliphatic carboxylic acids is 1. The highest BCUT2D eigenvalue weighted by molar-refractivity contribution is 5.68. The molecule has 0 saturated heterocycles. The quantitative estimate of drug-likeness (QED) is 0.504. The monoisotopic (exact) mass is 432 g/mol. The number of fused-ring (bicyclic) bond motifs is 1. The van der Waals surface area contributed by atoms with E-state index in [1.165, 1.54) is 0 Å². The van der Waals surface area contributed by atoms with Crippen molar-refractivity contribution in [2.45, 2.75) is 32.6 Å². The fourth-order valence-corrected chi connectivity index (χ4v) is 4.07. The van der Waals surface area contributed by atoms with Gasteiger partial charge >= 0.3 is 5.97 Å². The van der Waals surface area contributed by atoms with Crippen LogP contribution in [0.4, 0.5) is 5.69 Å². The maximum Gasteiger partial charge on any atom is 0.305 e. The second-order valence-electron chi connectivity index (χ2n) is 7.93. The molecule has 1 N–H and O–H groups in total. The van der Waals surface area contributed by atoms with Gasteiger partial charge in [-0.2, -0.15) is 0 Å². The summed E-state index contributed by atoms with van der Waals surface area (Å²) in [5.74, 6) is 1.50. The van der Waals surface area contributed by atoms with Crippen LogP contribution in [0.1, 0.15) is 35.4 Å². The third-order valence-electron chi connectivity index (χ3n) is 5.78. The molecule has 0 fully saturated rings. The number of aromatic nitrogens is 1. The number of ether oxygens (including phenoxy) is 1. The first-order valence-electron chi connectivity index (χ1n) is 11.0. The third-order valence-corrected chi connectivity index (χ3v) is 5.78. The summed E-state index contributed by atoms with van der Waals surface area (Å²) in [4.78, 5) is 17.8. The number of carboxylic acids is 1. The predicted molar refractivity (Wildman–Crippen MR) is 125 cm³/mol. The molecule has 3 aromatic rings. The molecule has 0 bridgehead atoms. The zero-order valence-electron chi connectivity index (χ0n) is 18.3. The van der Waals surface area contributed by atoms with Crippen molar-refractivity contribution in [2.75, 3.05) is 24.6 Å². The summed E-state index contributed by atoms with van der Waals surface area (Å²) in [5.41, 5.74) is 5.12. The molecule has 0 radical (unpaired) electrons.